The smallest absolute Gasteiger partial charge is 0.399 e. The Morgan fingerprint density at radius 3 is 2.36 bits per heavy atom. The van der Waals surface area contributed by atoms with Crippen LogP contribution in [0.3, 0.4) is 0 Å². The molecule has 3 aliphatic carbocycles. The quantitative estimate of drug-likeness (QED) is 0.106. The number of anilines is 1. The van der Waals surface area contributed by atoms with Gasteiger partial charge in [-0.2, -0.15) is 18.2 Å². The molecule has 3 N–H and O–H groups in total. The number of fused-ring (bicyclic) bond motifs is 1. The zero-order valence-electron chi connectivity index (χ0n) is 31.0. The van der Waals surface area contributed by atoms with Crippen LogP contribution in [0.5, 0.6) is 5.88 Å². The molecule has 3 aromatic heterocycles. The second-order valence-corrected chi connectivity index (χ2v) is 17.2. The van der Waals surface area contributed by atoms with Gasteiger partial charge in [0.15, 0.2) is 5.65 Å². The van der Waals surface area contributed by atoms with Gasteiger partial charge in [0.2, 0.25) is 11.8 Å². The molecule has 3 saturated carbocycles. The van der Waals surface area contributed by atoms with Crippen molar-refractivity contribution in [2.24, 2.45) is 18.4 Å². The number of rotatable bonds is 14. The van der Waals surface area contributed by atoms with Crippen LogP contribution < -0.4 is 14.8 Å². The summed E-state index contributed by atoms with van der Waals surface area (Å²) in [5.41, 5.74) is 2.27. The number of aryl methyl sites for hydroxylation is 3. The van der Waals surface area contributed by atoms with Gasteiger partial charge >= 0.3 is 12.1 Å². The number of nitrogens with zero attached hydrogens (tertiary/aromatic N) is 5. The van der Waals surface area contributed by atoms with E-state index in [-0.39, 0.29) is 52.6 Å². The number of carbonyl (C=O) groups is 1. The zero-order chi connectivity index (χ0) is 39.5. The van der Waals surface area contributed by atoms with Crippen LogP contribution in [0.2, 0.25) is 0 Å². The van der Waals surface area contributed by atoms with Crippen molar-refractivity contribution in [2.75, 3.05) is 11.3 Å². The van der Waals surface area contributed by atoms with Crippen LogP contribution in [0.1, 0.15) is 72.4 Å². The summed E-state index contributed by atoms with van der Waals surface area (Å²) in [7, 11) is -2.74. The van der Waals surface area contributed by atoms with Crippen molar-refractivity contribution in [1.29, 1.82) is 0 Å². The first-order chi connectivity index (χ1) is 25.8. The Balaban J connectivity index is 1.15. The predicted octanol–water partition coefficient (Wildman–Crippen LogP) is 7.11. The number of carboxylic acid groups (broad SMARTS) is 1. The summed E-state index contributed by atoms with van der Waals surface area (Å²) < 4.78 is 78.8. The Labute approximate surface area is 316 Å². The summed E-state index contributed by atoms with van der Waals surface area (Å²) in [6.45, 7) is 6.55. The van der Waals surface area contributed by atoms with E-state index in [1.165, 1.54) is 28.8 Å². The van der Waals surface area contributed by atoms with E-state index in [4.69, 9.17) is 4.74 Å². The van der Waals surface area contributed by atoms with Gasteiger partial charge in [-0.15, -0.1) is 0 Å². The van der Waals surface area contributed by atoms with Gasteiger partial charge < -0.3 is 19.7 Å². The molecule has 0 saturated heterocycles. The van der Waals surface area contributed by atoms with Gasteiger partial charge in [0.1, 0.15) is 17.5 Å². The summed E-state index contributed by atoms with van der Waals surface area (Å²) in [6, 6.07) is 13.6. The molecule has 1 unspecified atom stereocenters. The molecule has 2 aromatic carbocycles. The highest BCUT2D eigenvalue weighted by molar-refractivity contribution is 7.92. The number of sulfonamides is 1. The zero-order valence-corrected chi connectivity index (χ0v) is 31.8. The number of aromatic carboxylic acids is 1. The van der Waals surface area contributed by atoms with Crippen molar-refractivity contribution < 1.29 is 36.2 Å². The van der Waals surface area contributed by atoms with E-state index in [1.807, 2.05) is 32.0 Å². The van der Waals surface area contributed by atoms with Crippen LogP contribution in [0, 0.1) is 25.2 Å². The number of ether oxygens (including phenoxy) is 1. The van der Waals surface area contributed by atoms with Gasteiger partial charge in [-0.1, -0.05) is 24.3 Å². The number of alkyl halides is 3. The molecule has 5 aromatic rings. The Morgan fingerprint density at radius 2 is 1.73 bits per heavy atom. The molecule has 3 heterocycles. The van der Waals surface area contributed by atoms with Crippen molar-refractivity contribution in [3.05, 3.63) is 88.9 Å². The second kappa shape index (κ2) is 13.9. The molecule has 12 nitrogen and oxygen atoms in total. The lowest BCUT2D eigenvalue weighted by Gasteiger charge is -2.63. The van der Waals surface area contributed by atoms with Crippen molar-refractivity contribution >= 4 is 33.1 Å². The van der Waals surface area contributed by atoms with Crippen LogP contribution in [-0.2, 0) is 29.0 Å². The molecule has 0 spiro atoms. The maximum Gasteiger partial charge on any atom is 0.399 e. The van der Waals surface area contributed by atoms with Crippen LogP contribution in [0.15, 0.2) is 65.7 Å². The van der Waals surface area contributed by atoms with E-state index >= 15 is 0 Å². The number of hydrogen-bond acceptors (Lipinski definition) is 9. The van der Waals surface area contributed by atoms with E-state index in [2.05, 4.69) is 30.0 Å². The monoisotopic (exact) mass is 777 g/mol. The van der Waals surface area contributed by atoms with Gasteiger partial charge in [0.25, 0.3) is 10.0 Å². The minimum atomic E-state index is -4.46. The van der Waals surface area contributed by atoms with Gasteiger partial charge in [0.05, 0.1) is 28.0 Å². The van der Waals surface area contributed by atoms with Gasteiger partial charge in [-0.3, -0.25) is 4.98 Å². The molecule has 0 amide bonds. The molecule has 8 rings (SSSR count). The summed E-state index contributed by atoms with van der Waals surface area (Å²) in [5, 5.41) is 13.0. The van der Waals surface area contributed by atoms with E-state index in [9.17, 15) is 31.5 Å². The van der Waals surface area contributed by atoms with Crippen LogP contribution in [0.4, 0.5) is 19.1 Å². The largest absolute Gasteiger partial charge is 0.478 e. The Morgan fingerprint density at radius 1 is 1.04 bits per heavy atom. The molecule has 1 atom stereocenters. The third-order valence-electron chi connectivity index (χ3n) is 11.0. The number of nitrogens with one attached hydrogen (secondary N) is 2. The first kappa shape index (κ1) is 38.2. The first-order valence-electron chi connectivity index (χ1n) is 17.9. The molecular weight excluding hydrogens is 736 g/mol. The molecule has 0 radical (unpaired) electrons. The number of hydrogen-bond donors (Lipinski definition) is 3. The Bertz CT molecular complexity index is 2380. The lowest BCUT2D eigenvalue weighted by Crippen LogP contribution is -2.55. The molecule has 0 aliphatic heterocycles. The minimum absolute atomic E-state index is 0.0653. The average molecular weight is 778 g/mol. The third kappa shape index (κ3) is 7.49. The molecular formula is C39H42F3N7O5S. The van der Waals surface area contributed by atoms with Gasteiger partial charge in [0, 0.05) is 37.0 Å². The number of carboxylic acids is 1. The van der Waals surface area contributed by atoms with Crippen LogP contribution in [-0.4, -0.2) is 62.8 Å². The lowest BCUT2D eigenvalue weighted by molar-refractivity contribution is -0.181. The van der Waals surface area contributed by atoms with Crippen LogP contribution >= 0.6 is 0 Å². The molecule has 3 aliphatic rings. The van der Waals surface area contributed by atoms with Gasteiger partial charge in [-0.05, 0) is 100 Å². The maximum absolute atomic E-state index is 13.9. The number of halogens is 3. The molecule has 290 valence electrons. The van der Waals surface area contributed by atoms with Crippen molar-refractivity contribution in [1.82, 2.24) is 29.8 Å². The number of aromatic nitrogens is 5. The highest BCUT2D eigenvalue weighted by atomic mass is 32.2. The van der Waals surface area contributed by atoms with Crippen molar-refractivity contribution in [3.8, 4) is 17.1 Å². The fourth-order valence-electron chi connectivity index (χ4n) is 7.86. The van der Waals surface area contributed by atoms with E-state index in [0.29, 0.717) is 22.6 Å². The normalized spacial score (nSPS) is 18.7. The average Bonchev–Trinajstić information content (AvgIpc) is 3.41. The highest BCUT2D eigenvalue weighted by Crippen LogP contribution is 2.66. The summed E-state index contributed by atoms with van der Waals surface area (Å²) in [6.07, 6.45) is 1.31. The van der Waals surface area contributed by atoms with Crippen molar-refractivity contribution in [3.63, 3.8) is 0 Å². The Hall–Kier alpha value is -5.09. The van der Waals surface area contributed by atoms with Gasteiger partial charge in [-0.25, -0.2) is 27.9 Å². The summed E-state index contributed by atoms with van der Waals surface area (Å²) >= 11 is 0. The maximum atomic E-state index is 13.9. The SMILES string of the molecule is Cc1cccc(C)c1-c1cc(OCC(CC23CC(C2)C3)NCc2cnc3cc(C(C)(C)C(F)(F)F)n(C)c3n2)nc(NS(=O)(=O)c2cccc(C(=O)O)c2)n1. The third-order valence-corrected chi connectivity index (χ3v) is 12.4. The van der Waals surface area contributed by atoms with E-state index in [0.717, 1.165) is 68.2 Å². The fourth-order valence-corrected chi connectivity index (χ4v) is 8.85. The minimum Gasteiger partial charge on any atom is -0.478 e. The molecule has 2 bridgehead atoms. The highest BCUT2D eigenvalue weighted by Gasteiger charge is 2.56. The van der Waals surface area contributed by atoms with E-state index < -0.39 is 27.6 Å². The topological polar surface area (TPSA) is 161 Å². The first-order valence-corrected chi connectivity index (χ1v) is 19.4. The molecule has 55 heavy (non-hydrogen) atoms. The van der Waals surface area contributed by atoms with Crippen molar-refractivity contribution in [2.45, 2.75) is 82.5 Å². The van der Waals surface area contributed by atoms with Crippen LogP contribution in [0.25, 0.3) is 22.4 Å². The predicted molar refractivity (Wildman–Crippen MR) is 199 cm³/mol. The standard InChI is InChI=1S/C39H42F3N7O5S/c1-22-8-6-9-23(2)33(22)29-14-32(47-36(46-29)48-55(52,53)28-11-7-10-25(12-28)35(50)51)54-21-26(18-38-15-24(16-38)17-38)43-19-27-20-44-30-13-31(49(5)34(30)45-27)37(3,4)39(40,41)42/h6-14,20,24,26,43H,15-19,21H2,1-5H3,(H,50,51)(H,46,47,48). The van der Waals surface area contributed by atoms with E-state index in [1.54, 1.807) is 19.3 Å². The molecule has 3 fully saturated rings. The lowest BCUT2D eigenvalue weighted by atomic mass is 9.43. The fraction of sp³-hybridized carbons (Fsp3) is 0.410. The summed E-state index contributed by atoms with van der Waals surface area (Å²) in [5.74, 6) is -0.650. The summed E-state index contributed by atoms with van der Waals surface area (Å²) in [4.78, 5) is 29.4. The molecule has 16 heteroatoms. The second-order valence-electron chi connectivity index (χ2n) is 15.5. The Kier molecular flexibility index (Phi) is 9.64. The number of benzene rings is 2.